The zero-order valence-corrected chi connectivity index (χ0v) is 10.3. The Morgan fingerprint density at radius 2 is 2.33 bits per heavy atom. The number of hydrogen-bond donors (Lipinski definition) is 0. The van der Waals surface area contributed by atoms with E-state index in [2.05, 4.69) is 33.2 Å². The summed E-state index contributed by atoms with van der Waals surface area (Å²) in [6, 6.07) is 4.14. The predicted molar refractivity (Wildman–Crippen MR) is 63.4 cm³/mol. The van der Waals surface area contributed by atoms with Gasteiger partial charge in [-0.15, -0.1) is 11.8 Å². The van der Waals surface area contributed by atoms with Crippen molar-refractivity contribution in [2.45, 2.75) is 10.1 Å². The van der Waals surface area contributed by atoms with Gasteiger partial charge < -0.3 is 4.74 Å². The molecule has 1 saturated heterocycles. The molecule has 3 rings (SSSR count). The van der Waals surface area contributed by atoms with E-state index in [1.807, 2.05) is 28.4 Å². The number of fused-ring (bicyclic) bond motifs is 1. The second kappa shape index (κ2) is 3.81. The Kier molecular flexibility index (Phi) is 2.46. The van der Waals surface area contributed by atoms with Crippen LogP contribution in [0.2, 0.25) is 0 Å². The summed E-state index contributed by atoms with van der Waals surface area (Å²) in [5.41, 5.74) is 0.969. The normalized spacial score (nSPS) is 16.9. The predicted octanol–water partition coefficient (Wildman–Crippen LogP) is 2.59. The third-order valence-electron chi connectivity index (χ3n) is 2.34. The SMILES string of the molecule is Brc1cnc2ccc(SC3COC3)cn12. The van der Waals surface area contributed by atoms with Gasteiger partial charge in [-0.3, -0.25) is 4.40 Å². The molecule has 1 fully saturated rings. The van der Waals surface area contributed by atoms with Gasteiger partial charge in [-0.1, -0.05) is 0 Å². The van der Waals surface area contributed by atoms with Crippen LogP contribution in [0.25, 0.3) is 5.65 Å². The number of hydrogen-bond acceptors (Lipinski definition) is 3. The van der Waals surface area contributed by atoms with E-state index in [9.17, 15) is 0 Å². The number of imidazole rings is 1. The Morgan fingerprint density at radius 3 is 3.07 bits per heavy atom. The highest BCUT2D eigenvalue weighted by Gasteiger charge is 2.19. The van der Waals surface area contributed by atoms with Gasteiger partial charge in [0.05, 0.1) is 24.7 Å². The summed E-state index contributed by atoms with van der Waals surface area (Å²) >= 11 is 5.33. The monoisotopic (exact) mass is 284 g/mol. The van der Waals surface area contributed by atoms with Crippen LogP contribution < -0.4 is 0 Å². The molecule has 3 nitrogen and oxygen atoms in total. The van der Waals surface area contributed by atoms with Crippen molar-refractivity contribution in [1.82, 2.24) is 9.38 Å². The van der Waals surface area contributed by atoms with Gasteiger partial charge in [0.1, 0.15) is 10.3 Å². The van der Waals surface area contributed by atoms with Gasteiger partial charge >= 0.3 is 0 Å². The summed E-state index contributed by atoms with van der Waals surface area (Å²) in [5.74, 6) is 0. The number of ether oxygens (including phenoxy) is 1. The van der Waals surface area contributed by atoms with Gasteiger partial charge in [-0.2, -0.15) is 0 Å². The van der Waals surface area contributed by atoms with Crippen molar-refractivity contribution in [2.75, 3.05) is 13.2 Å². The summed E-state index contributed by atoms with van der Waals surface area (Å²) in [6.07, 6.45) is 3.92. The minimum absolute atomic E-state index is 0.616. The molecular formula is C10H9BrN2OS. The largest absolute Gasteiger partial charge is 0.379 e. The maximum Gasteiger partial charge on any atom is 0.137 e. The first-order valence-corrected chi connectivity index (χ1v) is 6.37. The molecule has 2 aromatic heterocycles. The van der Waals surface area contributed by atoms with E-state index in [1.54, 1.807) is 0 Å². The fourth-order valence-corrected chi connectivity index (χ4v) is 2.89. The van der Waals surface area contributed by atoms with Gasteiger partial charge in [0, 0.05) is 11.1 Å². The summed E-state index contributed by atoms with van der Waals surface area (Å²) < 4.78 is 8.19. The summed E-state index contributed by atoms with van der Waals surface area (Å²) in [6.45, 7) is 1.74. The molecule has 5 heteroatoms. The zero-order valence-electron chi connectivity index (χ0n) is 7.89. The molecule has 0 amide bonds. The Hall–Kier alpha value is -0.520. The second-order valence-electron chi connectivity index (χ2n) is 3.45. The Bertz CT molecular complexity index is 495. The van der Waals surface area contributed by atoms with E-state index in [0.717, 1.165) is 23.5 Å². The van der Waals surface area contributed by atoms with Crippen LogP contribution in [0.5, 0.6) is 0 Å². The van der Waals surface area contributed by atoms with E-state index in [0.29, 0.717) is 5.25 Å². The van der Waals surface area contributed by atoms with Crippen molar-refractivity contribution in [3.63, 3.8) is 0 Å². The van der Waals surface area contributed by atoms with Gasteiger partial charge in [0.2, 0.25) is 0 Å². The Labute approximate surface area is 100.0 Å². The number of pyridine rings is 1. The van der Waals surface area contributed by atoms with Gasteiger partial charge in [0.15, 0.2) is 0 Å². The minimum Gasteiger partial charge on any atom is -0.379 e. The number of rotatable bonds is 2. The summed E-state index contributed by atoms with van der Waals surface area (Å²) in [5, 5.41) is 0.616. The number of thioether (sulfide) groups is 1. The van der Waals surface area contributed by atoms with Crippen molar-refractivity contribution in [1.29, 1.82) is 0 Å². The summed E-state index contributed by atoms with van der Waals surface area (Å²) in [7, 11) is 0. The van der Waals surface area contributed by atoms with Gasteiger partial charge in [-0.25, -0.2) is 4.98 Å². The lowest BCUT2D eigenvalue weighted by molar-refractivity contribution is 0.0455. The first kappa shape index (κ1) is 9.69. The smallest absolute Gasteiger partial charge is 0.137 e. The second-order valence-corrected chi connectivity index (χ2v) is 5.64. The van der Waals surface area contributed by atoms with Crippen LogP contribution >= 0.6 is 27.7 Å². The third-order valence-corrected chi connectivity index (χ3v) is 4.05. The highest BCUT2D eigenvalue weighted by Crippen LogP contribution is 2.28. The van der Waals surface area contributed by atoms with Crippen LogP contribution in [0.1, 0.15) is 0 Å². The van der Waals surface area contributed by atoms with Crippen molar-refractivity contribution >= 4 is 33.3 Å². The topological polar surface area (TPSA) is 26.5 Å². The molecule has 0 unspecified atom stereocenters. The van der Waals surface area contributed by atoms with Crippen LogP contribution in [-0.2, 0) is 4.74 Å². The van der Waals surface area contributed by atoms with E-state index in [4.69, 9.17) is 4.74 Å². The van der Waals surface area contributed by atoms with Crippen LogP contribution in [0.15, 0.2) is 34.0 Å². The third kappa shape index (κ3) is 1.79. The minimum atomic E-state index is 0.616. The Balaban J connectivity index is 1.93. The maximum atomic E-state index is 5.15. The molecule has 1 aliphatic heterocycles. The molecule has 0 aliphatic carbocycles. The maximum absolute atomic E-state index is 5.15. The molecule has 0 spiro atoms. The van der Waals surface area contributed by atoms with Crippen molar-refractivity contribution in [3.05, 3.63) is 29.1 Å². The number of nitrogens with zero attached hydrogens (tertiary/aromatic N) is 2. The number of halogens is 1. The molecule has 1 aliphatic rings. The van der Waals surface area contributed by atoms with Gasteiger partial charge in [0.25, 0.3) is 0 Å². The highest BCUT2D eigenvalue weighted by molar-refractivity contribution is 9.10. The lowest BCUT2D eigenvalue weighted by Gasteiger charge is -2.25. The van der Waals surface area contributed by atoms with Crippen LogP contribution in [0.3, 0.4) is 0 Å². The molecular weight excluding hydrogens is 276 g/mol. The van der Waals surface area contributed by atoms with E-state index >= 15 is 0 Å². The van der Waals surface area contributed by atoms with Crippen molar-refractivity contribution < 1.29 is 4.74 Å². The highest BCUT2D eigenvalue weighted by atomic mass is 79.9. The molecule has 3 heterocycles. The average molecular weight is 285 g/mol. The molecule has 0 radical (unpaired) electrons. The zero-order chi connectivity index (χ0) is 10.3. The van der Waals surface area contributed by atoms with Crippen molar-refractivity contribution in [3.8, 4) is 0 Å². The van der Waals surface area contributed by atoms with Crippen LogP contribution in [0, 0.1) is 0 Å². The Morgan fingerprint density at radius 1 is 1.47 bits per heavy atom. The van der Waals surface area contributed by atoms with E-state index in [1.165, 1.54) is 4.90 Å². The standard InChI is InChI=1S/C10H9BrN2OS/c11-9-3-12-10-2-1-7(4-13(9)10)15-8-5-14-6-8/h1-4,8H,5-6H2. The van der Waals surface area contributed by atoms with E-state index in [-0.39, 0.29) is 0 Å². The fraction of sp³-hybridized carbons (Fsp3) is 0.300. The molecule has 0 N–H and O–H groups in total. The first-order valence-electron chi connectivity index (χ1n) is 4.70. The first-order chi connectivity index (χ1) is 7.33. The molecule has 78 valence electrons. The quantitative estimate of drug-likeness (QED) is 0.848. The molecule has 15 heavy (non-hydrogen) atoms. The molecule has 0 aromatic carbocycles. The van der Waals surface area contributed by atoms with E-state index < -0.39 is 0 Å². The molecule has 2 aromatic rings. The molecule has 0 atom stereocenters. The average Bonchev–Trinajstić information content (AvgIpc) is 2.55. The number of aromatic nitrogens is 2. The summed E-state index contributed by atoms with van der Waals surface area (Å²) in [4.78, 5) is 5.51. The van der Waals surface area contributed by atoms with Crippen LogP contribution in [-0.4, -0.2) is 27.8 Å². The van der Waals surface area contributed by atoms with Crippen molar-refractivity contribution in [2.24, 2.45) is 0 Å². The molecule has 0 bridgehead atoms. The van der Waals surface area contributed by atoms with Gasteiger partial charge in [-0.05, 0) is 28.1 Å². The fourth-order valence-electron chi connectivity index (χ4n) is 1.48. The molecule has 0 saturated carbocycles. The lowest BCUT2D eigenvalue weighted by Crippen LogP contribution is -2.30. The lowest BCUT2D eigenvalue weighted by atomic mass is 10.4. The van der Waals surface area contributed by atoms with Crippen LogP contribution in [0.4, 0.5) is 0 Å².